The van der Waals surface area contributed by atoms with Gasteiger partial charge in [-0.05, 0) is 111 Å². The van der Waals surface area contributed by atoms with Crippen LogP contribution in [0.1, 0.15) is 73.6 Å². The van der Waals surface area contributed by atoms with Crippen molar-refractivity contribution in [1.29, 1.82) is 0 Å². The quantitative estimate of drug-likeness (QED) is 0.172. The zero-order valence-electron chi connectivity index (χ0n) is 25.9. The van der Waals surface area contributed by atoms with Gasteiger partial charge in [0.1, 0.15) is 0 Å². The number of rotatable bonds is 8. The molecule has 2 saturated carbocycles. The van der Waals surface area contributed by atoms with Gasteiger partial charge in [-0.25, -0.2) is 0 Å². The van der Waals surface area contributed by atoms with Crippen LogP contribution in [0.15, 0.2) is 121 Å². The van der Waals surface area contributed by atoms with E-state index in [2.05, 4.69) is 121 Å². The summed E-state index contributed by atoms with van der Waals surface area (Å²) in [5, 5.41) is 0. The van der Waals surface area contributed by atoms with Gasteiger partial charge in [-0.15, -0.1) is 24.8 Å². The van der Waals surface area contributed by atoms with Crippen molar-refractivity contribution in [2.45, 2.75) is 86.5 Å². The number of thiol groups is 2. The van der Waals surface area contributed by atoms with Crippen LogP contribution >= 0.6 is 50.1 Å². The average molecular weight is 666 g/mol. The zero-order chi connectivity index (χ0) is 29.1. The van der Waals surface area contributed by atoms with Gasteiger partial charge in [-0.3, -0.25) is 0 Å². The smallest absolute Gasteiger partial charge is 0.0170 e. The van der Waals surface area contributed by atoms with Crippen molar-refractivity contribution in [2.75, 3.05) is 0 Å². The van der Waals surface area contributed by atoms with Crippen LogP contribution in [0.4, 0.5) is 0 Å². The van der Waals surface area contributed by atoms with Crippen molar-refractivity contribution in [3.63, 3.8) is 0 Å². The minimum Gasteiger partial charge on any atom is -0.172 e. The summed E-state index contributed by atoms with van der Waals surface area (Å²) in [7, 11) is 0. The van der Waals surface area contributed by atoms with E-state index in [9.17, 15) is 0 Å². The van der Waals surface area contributed by atoms with Crippen LogP contribution in [0.25, 0.3) is 0 Å². The molecule has 0 aliphatic heterocycles. The summed E-state index contributed by atoms with van der Waals surface area (Å²) in [6.07, 6.45) is 14.9. The molecule has 0 N–H and O–H groups in total. The molecule has 6 rings (SSSR count). The van der Waals surface area contributed by atoms with Gasteiger partial charge in [0, 0.05) is 9.49 Å². The molecule has 4 aromatic rings. The average Bonchev–Trinajstić information content (AvgIpc) is 3.02. The van der Waals surface area contributed by atoms with E-state index in [1.807, 2.05) is 0 Å². The molecule has 0 heterocycles. The third kappa shape index (κ3) is 11.8. The molecule has 0 nitrogen and oxygen atoms in total. The Bertz CT molecular complexity index is 1190. The number of halogens is 2. The van der Waals surface area contributed by atoms with Crippen molar-refractivity contribution >= 4 is 50.1 Å². The van der Waals surface area contributed by atoms with Crippen LogP contribution in [-0.2, 0) is 25.7 Å². The molecular formula is C40H50Cl2S2. The Hall–Kier alpha value is -1.84. The first kappa shape index (κ1) is 36.6. The highest BCUT2D eigenvalue weighted by atomic mass is 35.5. The van der Waals surface area contributed by atoms with Crippen molar-refractivity contribution in [3.8, 4) is 0 Å². The maximum Gasteiger partial charge on any atom is 0.0170 e. The number of hydrogen-bond donors (Lipinski definition) is 2. The first-order valence-corrected chi connectivity index (χ1v) is 17.0. The summed E-state index contributed by atoms with van der Waals surface area (Å²) in [4.78, 5) is 0. The molecule has 0 amide bonds. The van der Waals surface area contributed by atoms with E-state index in [0.29, 0.717) is 0 Å². The van der Waals surface area contributed by atoms with Crippen LogP contribution in [-0.4, -0.2) is 9.49 Å². The van der Waals surface area contributed by atoms with E-state index in [0.717, 1.165) is 24.7 Å². The molecular weight excluding hydrogens is 615 g/mol. The monoisotopic (exact) mass is 664 g/mol. The minimum atomic E-state index is 0. The summed E-state index contributed by atoms with van der Waals surface area (Å²) in [5.41, 5.74) is 5.82. The van der Waals surface area contributed by atoms with Gasteiger partial charge in [-0.2, -0.15) is 25.3 Å². The molecule has 2 aliphatic rings. The molecule has 0 saturated heterocycles. The van der Waals surface area contributed by atoms with Gasteiger partial charge < -0.3 is 0 Å². The van der Waals surface area contributed by atoms with Gasteiger partial charge in [0.25, 0.3) is 0 Å². The topological polar surface area (TPSA) is 0 Å². The van der Waals surface area contributed by atoms with Gasteiger partial charge in [0.15, 0.2) is 0 Å². The van der Waals surface area contributed by atoms with E-state index in [1.165, 1.54) is 86.5 Å². The van der Waals surface area contributed by atoms with Gasteiger partial charge in [0.05, 0.1) is 0 Å². The summed E-state index contributed by atoms with van der Waals surface area (Å²) >= 11 is 10.1. The molecule has 0 radical (unpaired) electrons. The molecule has 0 spiro atoms. The molecule has 44 heavy (non-hydrogen) atoms. The van der Waals surface area contributed by atoms with Crippen molar-refractivity contribution < 1.29 is 0 Å². The predicted molar refractivity (Wildman–Crippen MR) is 202 cm³/mol. The van der Waals surface area contributed by atoms with Crippen molar-refractivity contribution in [1.82, 2.24) is 0 Å². The first-order valence-electron chi connectivity index (χ1n) is 16.1. The number of benzene rings is 4. The van der Waals surface area contributed by atoms with Gasteiger partial charge in [0.2, 0.25) is 0 Å². The summed E-state index contributed by atoms with van der Waals surface area (Å²) in [6.45, 7) is 0. The second kappa shape index (κ2) is 18.3. The molecule has 2 aliphatic carbocycles. The SMILES string of the molecule is Cl.Cl.SC1(Cc2ccccc2)CCC(Cc2ccccc2)CC1.SC1(Cc2ccccc2)CCC(Cc2ccccc2)CC1. The lowest BCUT2D eigenvalue weighted by Crippen LogP contribution is -2.31. The second-order valence-electron chi connectivity index (χ2n) is 13.0. The summed E-state index contributed by atoms with van der Waals surface area (Å²) < 4.78 is 0.406. The molecule has 2 fully saturated rings. The number of hydrogen-bond acceptors (Lipinski definition) is 2. The molecule has 4 heteroatoms. The van der Waals surface area contributed by atoms with Gasteiger partial charge in [-0.1, -0.05) is 121 Å². The van der Waals surface area contributed by atoms with Crippen LogP contribution in [0, 0.1) is 11.8 Å². The molecule has 236 valence electrons. The Morgan fingerprint density at radius 3 is 0.932 bits per heavy atom. The highest BCUT2D eigenvalue weighted by Crippen LogP contribution is 2.41. The highest BCUT2D eigenvalue weighted by molar-refractivity contribution is 7.82. The minimum absolute atomic E-state index is 0. The van der Waals surface area contributed by atoms with Gasteiger partial charge >= 0.3 is 0 Å². The zero-order valence-corrected chi connectivity index (χ0v) is 29.3. The Balaban J connectivity index is 0.000000230. The highest BCUT2D eigenvalue weighted by Gasteiger charge is 2.33. The van der Waals surface area contributed by atoms with E-state index in [1.54, 1.807) is 0 Å². The van der Waals surface area contributed by atoms with Crippen molar-refractivity contribution in [2.24, 2.45) is 11.8 Å². The first-order chi connectivity index (χ1) is 20.5. The maximum atomic E-state index is 5.03. The summed E-state index contributed by atoms with van der Waals surface area (Å²) in [6, 6.07) is 43.5. The molecule has 4 aromatic carbocycles. The lowest BCUT2D eigenvalue weighted by Gasteiger charge is -2.37. The molecule has 0 aromatic heterocycles. The summed E-state index contributed by atoms with van der Waals surface area (Å²) in [5.74, 6) is 1.67. The van der Waals surface area contributed by atoms with E-state index in [4.69, 9.17) is 25.3 Å². The van der Waals surface area contributed by atoms with Crippen LogP contribution < -0.4 is 0 Å². The third-order valence-electron chi connectivity index (χ3n) is 9.56. The fraction of sp³-hybridized carbons (Fsp3) is 0.400. The molecule has 0 atom stereocenters. The Kier molecular flexibility index (Phi) is 15.3. The lowest BCUT2D eigenvalue weighted by atomic mass is 9.76. The fourth-order valence-electron chi connectivity index (χ4n) is 7.04. The standard InChI is InChI=1S/2C20H24S.2ClH/c2*21-20(16-19-9-5-2-6-10-19)13-11-18(12-14-20)15-17-7-3-1-4-8-17;;/h2*1-10,18,21H,11-16H2;2*1H. The molecule has 0 unspecified atom stereocenters. The Labute approximate surface area is 290 Å². The Morgan fingerprint density at radius 2 is 0.659 bits per heavy atom. The third-order valence-corrected chi connectivity index (χ3v) is 10.8. The fourth-order valence-corrected chi connectivity index (χ4v) is 7.92. The maximum absolute atomic E-state index is 5.03. The van der Waals surface area contributed by atoms with Crippen LogP contribution in [0.5, 0.6) is 0 Å². The van der Waals surface area contributed by atoms with Crippen LogP contribution in [0.2, 0.25) is 0 Å². The van der Waals surface area contributed by atoms with E-state index < -0.39 is 0 Å². The van der Waals surface area contributed by atoms with E-state index >= 15 is 0 Å². The predicted octanol–water partition coefficient (Wildman–Crippen LogP) is 11.5. The van der Waals surface area contributed by atoms with E-state index in [-0.39, 0.29) is 34.3 Å². The van der Waals surface area contributed by atoms with Crippen LogP contribution in [0.3, 0.4) is 0 Å². The Morgan fingerprint density at radius 1 is 0.409 bits per heavy atom. The normalized spacial score (nSPS) is 24.5. The molecule has 0 bridgehead atoms. The second-order valence-corrected chi connectivity index (χ2v) is 14.9. The largest absolute Gasteiger partial charge is 0.172 e. The van der Waals surface area contributed by atoms with Crippen molar-refractivity contribution in [3.05, 3.63) is 144 Å². The lowest BCUT2D eigenvalue weighted by molar-refractivity contribution is 0.300.